The smallest absolute Gasteiger partial charge is 0.191 e. The first-order valence-corrected chi connectivity index (χ1v) is 9.20. The summed E-state index contributed by atoms with van der Waals surface area (Å²) in [6.07, 6.45) is 3.29. The number of nitrogens with zero attached hydrogens (tertiary/aromatic N) is 1. The van der Waals surface area contributed by atoms with Gasteiger partial charge in [0.25, 0.3) is 0 Å². The number of aliphatic imine (C=N–C) groups is 1. The minimum atomic E-state index is 0. The molecule has 0 saturated heterocycles. The van der Waals surface area contributed by atoms with Crippen LogP contribution in [-0.4, -0.2) is 32.8 Å². The van der Waals surface area contributed by atoms with Gasteiger partial charge in [0.15, 0.2) is 5.96 Å². The van der Waals surface area contributed by atoms with Gasteiger partial charge in [-0.2, -0.15) is 0 Å². The van der Waals surface area contributed by atoms with E-state index in [2.05, 4.69) is 60.7 Å². The predicted molar refractivity (Wildman–Crippen MR) is 119 cm³/mol. The third-order valence-electron chi connectivity index (χ3n) is 3.91. The van der Waals surface area contributed by atoms with Gasteiger partial charge < -0.3 is 15.4 Å². The Morgan fingerprint density at radius 3 is 2.36 bits per heavy atom. The highest BCUT2D eigenvalue weighted by Crippen LogP contribution is 2.15. The van der Waals surface area contributed by atoms with Crippen LogP contribution in [0.1, 0.15) is 57.7 Å². The number of hydrogen-bond donors (Lipinski definition) is 2. The Hall–Kier alpha value is -0.820. The van der Waals surface area contributed by atoms with Crippen LogP contribution in [0.15, 0.2) is 29.3 Å². The van der Waals surface area contributed by atoms with Gasteiger partial charge in [-0.1, -0.05) is 38.1 Å². The van der Waals surface area contributed by atoms with Gasteiger partial charge in [-0.15, -0.1) is 24.0 Å². The number of hydrogen-bond acceptors (Lipinski definition) is 2. The molecule has 0 fully saturated rings. The highest BCUT2D eigenvalue weighted by molar-refractivity contribution is 14.0. The SMILES string of the molecule is CCOCCCCNC(=NC)NC(C)c1ccc(CC(C)C)cc1.I. The van der Waals surface area contributed by atoms with Gasteiger partial charge in [-0.25, -0.2) is 0 Å². The monoisotopic (exact) mass is 461 g/mol. The zero-order chi connectivity index (χ0) is 17.8. The molecule has 0 amide bonds. The van der Waals surface area contributed by atoms with Crippen LogP contribution in [-0.2, 0) is 11.2 Å². The molecule has 25 heavy (non-hydrogen) atoms. The van der Waals surface area contributed by atoms with Crippen molar-refractivity contribution in [2.75, 3.05) is 26.8 Å². The Kier molecular flexibility index (Phi) is 13.9. The maximum atomic E-state index is 5.35. The molecule has 1 aromatic carbocycles. The lowest BCUT2D eigenvalue weighted by Gasteiger charge is -2.19. The van der Waals surface area contributed by atoms with Crippen molar-refractivity contribution in [3.05, 3.63) is 35.4 Å². The third kappa shape index (κ3) is 10.7. The zero-order valence-electron chi connectivity index (χ0n) is 16.5. The van der Waals surface area contributed by atoms with Crippen LogP contribution in [0.4, 0.5) is 0 Å². The molecule has 0 bridgehead atoms. The Balaban J connectivity index is 0.00000576. The first-order chi connectivity index (χ1) is 11.6. The van der Waals surface area contributed by atoms with E-state index in [9.17, 15) is 0 Å². The second-order valence-electron chi connectivity index (χ2n) is 6.61. The van der Waals surface area contributed by atoms with Gasteiger partial charge in [-0.05, 0) is 50.2 Å². The van der Waals surface area contributed by atoms with Crippen molar-refractivity contribution < 1.29 is 4.74 Å². The number of benzene rings is 1. The zero-order valence-corrected chi connectivity index (χ0v) is 18.8. The standard InChI is InChI=1S/C20H35N3O.HI/c1-6-24-14-8-7-13-22-20(21-5)23-17(4)19-11-9-18(10-12-19)15-16(2)3;/h9-12,16-17H,6-8,13-15H2,1-5H3,(H2,21,22,23);1H. The van der Waals surface area contributed by atoms with Crippen molar-refractivity contribution in [3.8, 4) is 0 Å². The summed E-state index contributed by atoms with van der Waals surface area (Å²) in [5, 5.41) is 6.82. The Bertz CT molecular complexity index is 474. The lowest BCUT2D eigenvalue weighted by atomic mass is 10.00. The number of halogens is 1. The highest BCUT2D eigenvalue weighted by atomic mass is 127. The molecule has 5 heteroatoms. The van der Waals surface area contributed by atoms with E-state index in [-0.39, 0.29) is 30.0 Å². The predicted octanol–water partition coefficient (Wildman–Crippen LogP) is 4.55. The van der Waals surface area contributed by atoms with E-state index in [0.29, 0.717) is 5.92 Å². The minimum absolute atomic E-state index is 0. The summed E-state index contributed by atoms with van der Waals surface area (Å²) in [6.45, 7) is 11.2. The fraction of sp³-hybridized carbons (Fsp3) is 0.650. The topological polar surface area (TPSA) is 45.6 Å². The first-order valence-electron chi connectivity index (χ1n) is 9.20. The van der Waals surface area contributed by atoms with Gasteiger partial charge in [0.05, 0.1) is 6.04 Å². The average Bonchev–Trinajstić information content (AvgIpc) is 2.56. The molecule has 0 aliphatic rings. The fourth-order valence-corrected chi connectivity index (χ4v) is 2.58. The van der Waals surface area contributed by atoms with Crippen molar-refractivity contribution in [1.29, 1.82) is 0 Å². The van der Waals surface area contributed by atoms with E-state index in [1.54, 1.807) is 0 Å². The van der Waals surface area contributed by atoms with Crippen LogP contribution in [0, 0.1) is 5.92 Å². The normalized spacial score (nSPS) is 12.6. The summed E-state index contributed by atoms with van der Waals surface area (Å²) in [5.74, 6) is 1.54. The third-order valence-corrected chi connectivity index (χ3v) is 3.91. The average molecular weight is 461 g/mol. The Morgan fingerprint density at radius 2 is 1.80 bits per heavy atom. The molecular formula is C20H36IN3O. The van der Waals surface area contributed by atoms with Gasteiger partial charge >= 0.3 is 0 Å². The van der Waals surface area contributed by atoms with E-state index in [0.717, 1.165) is 45.0 Å². The Morgan fingerprint density at radius 1 is 1.12 bits per heavy atom. The maximum Gasteiger partial charge on any atom is 0.191 e. The molecular weight excluding hydrogens is 425 g/mol. The van der Waals surface area contributed by atoms with Crippen LogP contribution < -0.4 is 10.6 Å². The van der Waals surface area contributed by atoms with Crippen molar-refractivity contribution in [1.82, 2.24) is 10.6 Å². The minimum Gasteiger partial charge on any atom is -0.382 e. The van der Waals surface area contributed by atoms with E-state index < -0.39 is 0 Å². The van der Waals surface area contributed by atoms with Crippen LogP contribution in [0.3, 0.4) is 0 Å². The number of unbranched alkanes of at least 4 members (excludes halogenated alkanes) is 1. The van der Waals surface area contributed by atoms with E-state index in [4.69, 9.17) is 4.74 Å². The molecule has 1 aromatic rings. The second-order valence-corrected chi connectivity index (χ2v) is 6.61. The maximum absolute atomic E-state index is 5.35. The van der Waals surface area contributed by atoms with E-state index in [1.165, 1.54) is 11.1 Å². The molecule has 4 nitrogen and oxygen atoms in total. The van der Waals surface area contributed by atoms with Crippen LogP contribution in [0.5, 0.6) is 0 Å². The molecule has 144 valence electrons. The number of guanidine groups is 1. The summed E-state index contributed by atoms with van der Waals surface area (Å²) < 4.78 is 5.35. The summed E-state index contributed by atoms with van der Waals surface area (Å²) in [7, 11) is 1.81. The van der Waals surface area contributed by atoms with Gasteiger partial charge in [-0.3, -0.25) is 4.99 Å². The fourth-order valence-electron chi connectivity index (χ4n) is 2.58. The quantitative estimate of drug-likeness (QED) is 0.233. The largest absolute Gasteiger partial charge is 0.382 e. The van der Waals surface area contributed by atoms with Crippen molar-refractivity contribution in [3.63, 3.8) is 0 Å². The summed E-state index contributed by atoms with van der Waals surface area (Å²) in [5.41, 5.74) is 2.68. The van der Waals surface area contributed by atoms with Crippen LogP contribution in [0.25, 0.3) is 0 Å². The van der Waals surface area contributed by atoms with Gasteiger partial charge in [0, 0.05) is 26.8 Å². The molecule has 1 atom stereocenters. The van der Waals surface area contributed by atoms with Gasteiger partial charge in [0.1, 0.15) is 0 Å². The summed E-state index contributed by atoms with van der Waals surface area (Å²) in [4.78, 5) is 4.31. The van der Waals surface area contributed by atoms with Crippen molar-refractivity contribution in [2.45, 2.75) is 53.0 Å². The number of rotatable bonds is 10. The van der Waals surface area contributed by atoms with E-state index >= 15 is 0 Å². The molecule has 0 saturated carbocycles. The first kappa shape index (κ1) is 24.2. The van der Waals surface area contributed by atoms with Crippen LogP contribution in [0.2, 0.25) is 0 Å². The van der Waals surface area contributed by atoms with Crippen molar-refractivity contribution >= 4 is 29.9 Å². The Labute approximate surface area is 171 Å². The molecule has 2 N–H and O–H groups in total. The highest BCUT2D eigenvalue weighted by Gasteiger charge is 2.08. The second kappa shape index (κ2) is 14.4. The van der Waals surface area contributed by atoms with Crippen molar-refractivity contribution in [2.24, 2.45) is 10.9 Å². The number of nitrogens with one attached hydrogen (secondary N) is 2. The van der Waals surface area contributed by atoms with Crippen LogP contribution >= 0.6 is 24.0 Å². The molecule has 0 radical (unpaired) electrons. The molecule has 1 rings (SSSR count). The molecule has 0 heterocycles. The summed E-state index contributed by atoms with van der Waals surface area (Å²) >= 11 is 0. The number of ether oxygens (including phenoxy) is 1. The van der Waals surface area contributed by atoms with Gasteiger partial charge in [0.2, 0.25) is 0 Å². The molecule has 0 aliphatic heterocycles. The summed E-state index contributed by atoms with van der Waals surface area (Å²) in [6, 6.07) is 9.12. The molecule has 1 unspecified atom stereocenters. The lowest BCUT2D eigenvalue weighted by Crippen LogP contribution is -2.39. The molecule has 0 spiro atoms. The van der Waals surface area contributed by atoms with E-state index in [1.807, 2.05) is 14.0 Å². The molecule has 0 aliphatic carbocycles. The lowest BCUT2D eigenvalue weighted by molar-refractivity contribution is 0.143. The molecule has 0 aromatic heterocycles.